The van der Waals surface area contributed by atoms with E-state index in [1.165, 1.54) is 83.5 Å². The molecule has 0 aromatic heterocycles. The first-order chi connectivity index (χ1) is 25.7. The van der Waals surface area contributed by atoms with Crippen molar-refractivity contribution in [2.75, 3.05) is 13.2 Å². The van der Waals surface area contributed by atoms with Crippen molar-refractivity contribution in [1.29, 1.82) is 0 Å². The largest absolute Gasteiger partial charge is 0.394 e. The van der Waals surface area contributed by atoms with Gasteiger partial charge in [-0.3, -0.25) is 4.79 Å². The molecule has 0 bridgehead atoms. The lowest BCUT2D eigenvalue weighted by atomic mass is 9.98. The van der Waals surface area contributed by atoms with Crippen LogP contribution in [0.3, 0.4) is 0 Å². The van der Waals surface area contributed by atoms with E-state index in [9.17, 15) is 40.5 Å². The molecule has 1 aliphatic rings. The molecule has 0 saturated carbocycles. The molecule has 1 amide bonds. The molecule has 1 fully saturated rings. The summed E-state index contributed by atoms with van der Waals surface area (Å²) in [5.74, 6) is -0.712. The van der Waals surface area contributed by atoms with Gasteiger partial charge in [0.2, 0.25) is 5.91 Å². The van der Waals surface area contributed by atoms with E-state index in [-0.39, 0.29) is 12.8 Å². The summed E-state index contributed by atoms with van der Waals surface area (Å²) in [5.41, 5.74) is 0. The van der Waals surface area contributed by atoms with Gasteiger partial charge in [0.25, 0.3) is 0 Å². The van der Waals surface area contributed by atoms with Gasteiger partial charge in [-0.1, -0.05) is 147 Å². The molecule has 1 saturated heterocycles. The number of allylic oxidation sites excluding steroid dienone is 4. The minimum absolute atomic E-state index is 0.247. The summed E-state index contributed by atoms with van der Waals surface area (Å²) in [7, 11) is 0. The molecule has 1 aliphatic heterocycles. The van der Waals surface area contributed by atoms with Gasteiger partial charge in [-0.2, -0.15) is 0 Å². The maximum Gasteiger partial charge on any atom is 0.249 e. The van der Waals surface area contributed by atoms with Gasteiger partial charge in [-0.25, -0.2) is 0 Å². The standard InChI is InChI=1S/C42H79NO10/c1-3-5-7-9-11-13-15-16-17-18-20-22-24-26-28-30-35(46)41(51)43-33(32-52-42-40(50)39(49)38(48)36(31-44)53-42)37(47)34(45)29-27-25-23-21-19-14-12-10-8-6-4-2/h10,12,21,23,33-40,42,44-50H,3-9,11,13-20,22,24-32H2,1-2H3,(H,43,51)/b12-10+,23-21+. The fourth-order valence-electron chi connectivity index (χ4n) is 6.62. The number of aliphatic hydroxyl groups excluding tert-OH is 7. The van der Waals surface area contributed by atoms with E-state index in [1.807, 2.05) is 0 Å². The van der Waals surface area contributed by atoms with Crippen molar-refractivity contribution in [1.82, 2.24) is 5.32 Å². The van der Waals surface area contributed by atoms with Gasteiger partial charge in [-0.15, -0.1) is 0 Å². The van der Waals surface area contributed by atoms with Crippen molar-refractivity contribution in [2.24, 2.45) is 0 Å². The highest BCUT2D eigenvalue weighted by molar-refractivity contribution is 5.80. The van der Waals surface area contributed by atoms with Crippen molar-refractivity contribution < 1.29 is 50.0 Å². The predicted molar refractivity (Wildman–Crippen MR) is 210 cm³/mol. The van der Waals surface area contributed by atoms with Crippen LogP contribution in [-0.4, -0.2) is 110 Å². The summed E-state index contributed by atoms with van der Waals surface area (Å²) in [6.45, 7) is 3.34. The van der Waals surface area contributed by atoms with Crippen molar-refractivity contribution >= 4 is 5.91 Å². The van der Waals surface area contributed by atoms with Crippen molar-refractivity contribution in [3.8, 4) is 0 Å². The number of rotatable bonds is 34. The lowest BCUT2D eigenvalue weighted by Gasteiger charge is -2.40. The third-order valence-corrected chi connectivity index (χ3v) is 10.2. The molecule has 9 atom stereocenters. The van der Waals surface area contributed by atoms with E-state index in [4.69, 9.17) is 9.47 Å². The maximum atomic E-state index is 13.0. The average molecular weight is 758 g/mol. The molecule has 0 aromatic carbocycles. The van der Waals surface area contributed by atoms with Crippen LogP contribution < -0.4 is 5.32 Å². The van der Waals surface area contributed by atoms with Crippen molar-refractivity contribution in [3.63, 3.8) is 0 Å². The number of hydrogen-bond acceptors (Lipinski definition) is 10. The predicted octanol–water partition coefficient (Wildman–Crippen LogP) is 5.89. The summed E-state index contributed by atoms with van der Waals surface area (Å²) >= 11 is 0. The number of hydrogen-bond donors (Lipinski definition) is 8. The van der Waals surface area contributed by atoms with E-state index >= 15 is 0 Å². The zero-order valence-electron chi connectivity index (χ0n) is 33.2. The highest BCUT2D eigenvalue weighted by atomic mass is 16.7. The summed E-state index contributed by atoms with van der Waals surface area (Å²) in [6, 6.07) is -1.18. The average Bonchev–Trinajstić information content (AvgIpc) is 3.16. The number of carbonyl (C=O) groups is 1. The molecule has 0 aromatic rings. The van der Waals surface area contributed by atoms with Gasteiger partial charge in [-0.05, 0) is 44.9 Å². The Labute approximate surface area is 321 Å². The highest BCUT2D eigenvalue weighted by Crippen LogP contribution is 2.23. The Morgan fingerprint density at radius 1 is 0.642 bits per heavy atom. The molecule has 11 nitrogen and oxygen atoms in total. The SMILES string of the molecule is CCCC/C=C/CC/C=C/CCCC(O)C(O)C(COC1OC(CO)C(O)C(O)C1O)NC(=O)C(O)CCCCCCCCCCCCCCCCC. The maximum absolute atomic E-state index is 13.0. The summed E-state index contributed by atoms with van der Waals surface area (Å²) in [4.78, 5) is 13.0. The van der Waals surface area contributed by atoms with Crippen LogP contribution in [0.15, 0.2) is 24.3 Å². The van der Waals surface area contributed by atoms with Crippen LogP contribution >= 0.6 is 0 Å². The van der Waals surface area contributed by atoms with E-state index in [0.717, 1.165) is 38.5 Å². The monoisotopic (exact) mass is 758 g/mol. The number of amides is 1. The second kappa shape index (κ2) is 32.8. The Morgan fingerprint density at radius 2 is 1.13 bits per heavy atom. The molecular weight excluding hydrogens is 678 g/mol. The van der Waals surface area contributed by atoms with E-state index < -0.39 is 74.2 Å². The third kappa shape index (κ3) is 23.3. The van der Waals surface area contributed by atoms with Gasteiger partial charge in [0, 0.05) is 0 Å². The fourth-order valence-corrected chi connectivity index (χ4v) is 6.62. The van der Waals surface area contributed by atoms with Crippen LogP contribution in [0.2, 0.25) is 0 Å². The number of ether oxygens (including phenoxy) is 2. The second-order valence-electron chi connectivity index (χ2n) is 15.1. The van der Waals surface area contributed by atoms with E-state index in [1.54, 1.807) is 0 Å². The Balaban J connectivity index is 2.52. The van der Waals surface area contributed by atoms with Crippen LogP contribution in [0, 0.1) is 0 Å². The molecule has 8 N–H and O–H groups in total. The van der Waals surface area contributed by atoms with Crippen LogP contribution in [0.4, 0.5) is 0 Å². The third-order valence-electron chi connectivity index (χ3n) is 10.2. The molecule has 53 heavy (non-hydrogen) atoms. The zero-order valence-corrected chi connectivity index (χ0v) is 33.2. The van der Waals surface area contributed by atoms with Gasteiger partial charge in [0.05, 0.1) is 25.4 Å². The minimum Gasteiger partial charge on any atom is -0.394 e. The van der Waals surface area contributed by atoms with E-state index in [2.05, 4.69) is 43.5 Å². The Kier molecular flexibility index (Phi) is 30.7. The highest BCUT2D eigenvalue weighted by Gasteiger charge is 2.44. The molecule has 11 heteroatoms. The summed E-state index contributed by atoms with van der Waals surface area (Å²) < 4.78 is 11.0. The topological polar surface area (TPSA) is 189 Å². The number of unbranched alkanes of at least 4 members (excludes halogenated alkanes) is 18. The first kappa shape index (κ1) is 49.6. The normalized spacial score (nSPS) is 23.1. The fraction of sp³-hybridized carbons (Fsp3) is 0.881. The smallest absolute Gasteiger partial charge is 0.249 e. The van der Waals surface area contributed by atoms with E-state index in [0.29, 0.717) is 19.3 Å². The van der Waals surface area contributed by atoms with Gasteiger partial charge < -0.3 is 50.5 Å². The molecular formula is C42H79NO10. The molecule has 1 heterocycles. The molecule has 0 spiro atoms. The van der Waals surface area contributed by atoms with Crippen LogP contribution in [0.1, 0.15) is 168 Å². The number of carbonyl (C=O) groups excluding carboxylic acids is 1. The Bertz CT molecular complexity index is 918. The molecule has 0 aliphatic carbocycles. The first-order valence-electron chi connectivity index (χ1n) is 21.2. The number of aliphatic hydroxyl groups is 7. The van der Waals surface area contributed by atoms with Gasteiger partial charge >= 0.3 is 0 Å². The Hall–Kier alpha value is -1.41. The summed E-state index contributed by atoms with van der Waals surface area (Å²) in [5, 5.41) is 75.3. The van der Waals surface area contributed by atoms with Crippen LogP contribution in [0.5, 0.6) is 0 Å². The molecule has 1 rings (SSSR count). The quantitative estimate of drug-likeness (QED) is 0.0291. The van der Waals surface area contributed by atoms with Gasteiger partial charge in [0.15, 0.2) is 6.29 Å². The van der Waals surface area contributed by atoms with Crippen molar-refractivity contribution in [2.45, 2.75) is 223 Å². The van der Waals surface area contributed by atoms with Gasteiger partial charge in [0.1, 0.15) is 36.6 Å². The molecule has 9 unspecified atom stereocenters. The van der Waals surface area contributed by atoms with Crippen molar-refractivity contribution in [3.05, 3.63) is 24.3 Å². The lowest BCUT2D eigenvalue weighted by molar-refractivity contribution is -0.303. The van der Waals surface area contributed by atoms with Crippen LogP contribution in [-0.2, 0) is 14.3 Å². The van der Waals surface area contributed by atoms with Crippen LogP contribution in [0.25, 0.3) is 0 Å². The zero-order chi connectivity index (χ0) is 39.1. The minimum atomic E-state index is -1.67. The lowest BCUT2D eigenvalue weighted by Crippen LogP contribution is -2.60. The second-order valence-corrected chi connectivity index (χ2v) is 15.1. The first-order valence-corrected chi connectivity index (χ1v) is 21.2. The summed E-state index contributed by atoms with van der Waals surface area (Å²) in [6.07, 6.45) is 22.4. The number of nitrogens with one attached hydrogen (secondary N) is 1. The molecule has 312 valence electrons. The molecule has 0 radical (unpaired) electrons. The Morgan fingerprint density at radius 3 is 1.66 bits per heavy atom.